The van der Waals surface area contributed by atoms with E-state index in [2.05, 4.69) is 11.0 Å². The first kappa shape index (κ1) is 21.6. The fraction of sp³-hybridized carbons (Fsp3) is 0.391. The predicted molar refractivity (Wildman–Crippen MR) is 111 cm³/mol. The van der Waals surface area contributed by atoms with Crippen molar-refractivity contribution in [2.75, 3.05) is 33.3 Å². The molecule has 1 amide bonds. The summed E-state index contributed by atoms with van der Waals surface area (Å²) in [4.78, 5) is 16.8. The first-order valence-electron chi connectivity index (χ1n) is 9.85. The number of piperazine rings is 1. The highest BCUT2D eigenvalue weighted by atomic mass is 19.1. The highest BCUT2D eigenvalue weighted by Crippen LogP contribution is 2.25. The summed E-state index contributed by atoms with van der Waals surface area (Å²) in [5.41, 5.74) is -0.178. The Bertz CT molecular complexity index is 899. The van der Waals surface area contributed by atoms with Crippen molar-refractivity contribution in [3.05, 3.63) is 59.9 Å². The van der Waals surface area contributed by atoms with E-state index in [1.807, 2.05) is 24.3 Å². The van der Waals surface area contributed by atoms with E-state index in [4.69, 9.17) is 9.47 Å². The molecule has 7 heteroatoms. The van der Waals surface area contributed by atoms with Gasteiger partial charge in [0.2, 0.25) is 0 Å². The molecule has 0 bridgehead atoms. The van der Waals surface area contributed by atoms with Crippen LogP contribution < -0.4 is 9.47 Å². The Hall–Kier alpha value is -3.11. The fourth-order valence-corrected chi connectivity index (χ4v) is 3.56. The number of nitrogens with zero attached hydrogens (tertiary/aromatic N) is 3. The molecule has 158 valence electrons. The van der Waals surface area contributed by atoms with Gasteiger partial charge in [-0.2, -0.15) is 5.26 Å². The smallest absolute Gasteiger partial charge is 0.266 e. The molecule has 6 nitrogen and oxygen atoms in total. The zero-order valence-electron chi connectivity index (χ0n) is 17.5. The van der Waals surface area contributed by atoms with Crippen LogP contribution in [0.1, 0.15) is 25.5 Å². The molecule has 1 atom stereocenters. The Labute approximate surface area is 176 Å². The quantitative estimate of drug-likeness (QED) is 0.729. The van der Waals surface area contributed by atoms with Crippen molar-refractivity contribution >= 4 is 5.91 Å². The zero-order valence-corrected chi connectivity index (χ0v) is 17.5. The summed E-state index contributed by atoms with van der Waals surface area (Å²) in [6.07, 6.45) is 0. The van der Waals surface area contributed by atoms with Crippen molar-refractivity contribution in [1.29, 1.82) is 5.26 Å². The van der Waals surface area contributed by atoms with Gasteiger partial charge in [0.1, 0.15) is 23.4 Å². The van der Waals surface area contributed by atoms with Crippen LogP contribution in [0.2, 0.25) is 0 Å². The number of nitriles is 1. The minimum atomic E-state index is -1.08. The van der Waals surface area contributed by atoms with Gasteiger partial charge in [0.25, 0.3) is 5.91 Å². The number of carbonyl (C=O) groups is 1. The van der Waals surface area contributed by atoms with Gasteiger partial charge in [-0.25, -0.2) is 4.39 Å². The van der Waals surface area contributed by atoms with E-state index in [-0.39, 0.29) is 17.8 Å². The van der Waals surface area contributed by atoms with Gasteiger partial charge >= 0.3 is 0 Å². The molecule has 0 saturated carbocycles. The molecular weight excluding hydrogens is 385 g/mol. The zero-order chi connectivity index (χ0) is 21.7. The average molecular weight is 411 g/mol. The molecular formula is C23H26FN3O3. The third kappa shape index (κ3) is 4.89. The maximum Gasteiger partial charge on any atom is 0.266 e. The summed E-state index contributed by atoms with van der Waals surface area (Å²) < 4.78 is 24.1. The molecule has 1 aliphatic rings. The number of hydrogen-bond donors (Lipinski definition) is 0. The second-order valence-electron chi connectivity index (χ2n) is 7.70. The Morgan fingerprint density at radius 1 is 1.03 bits per heavy atom. The molecule has 2 aromatic rings. The first-order valence-corrected chi connectivity index (χ1v) is 9.85. The summed E-state index contributed by atoms with van der Waals surface area (Å²) in [7, 11) is 1.61. The maximum atomic E-state index is 13.1. The van der Waals surface area contributed by atoms with Gasteiger partial charge in [-0.3, -0.25) is 9.69 Å². The minimum absolute atomic E-state index is 0.135. The van der Waals surface area contributed by atoms with Gasteiger partial charge < -0.3 is 14.4 Å². The van der Waals surface area contributed by atoms with Gasteiger partial charge in [-0.1, -0.05) is 12.1 Å². The Balaban J connectivity index is 1.61. The molecule has 1 aliphatic heterocycles. The van der Waals surface area contributed by atoms with E-state index in [1.54, 1.807) is 25.9 Å². The number of methoxy groups -OCH3 is 1. The van der Waals surface area contributed by atoms with E-state index in [1.165, 1.54) is 24.3 Å². The van der Waals surface area contributed by atoms with Crippen molar-refractivity contribution in [1.82, 2.24) is 9.80 Å². The van der Waals surface area contributed by atoms with Crippen LogP contribution in [0.3, 0.4) is 0 Å². The standard InChI is InChI=1S/C23H26FN3O3/c1-23(2,30-20-10-6-18(24)7-11-20)22(28)27-14-12-26(13-15-27)21(16-25)17-4-8-19(29-3)9-5-17/h4-11,21H,12-15H2,1-3H3. The second-order valence-corrected chi connectivity index (χ2v) is 7.70. The van der Waals surface area contributed by atoms with E-state index in [0.29, 0.717) is 31.9 Å². The molecule has 0 radical (unpaired) electrons. The average Bonchev–Trinajstić information content (AvgIpc) is 2.76. The molecule has 0 aliphatic carbocycles. The summed E-state index contributed by atoms with van der Waals surface area (Å²) >= 11 is 0. The van der Waals surface area contributed by atoms with Crippen molar-refractivity contribution in [2.45, 2.75) is 25.5 Å². The lowest BCUT2D eigenvalue weighted by atomic mass is 10.0. The summed E-state index contributed by atoms with van der Waals surface area (Å²) in [6, 6.07) is 15.1. The number of carbonyl (C=O) groups excluding carboxylic acids is 1. The lowest BCUT2D eigenvalue weighted by Crippen LogP contribution is -2.56. The van der Waals surface area contributed by atoms with E-state index in [9.17, 15) is 14.4 Å². The molecule has 0 N–H and O–H groups in total. The number of hydrogen-bond acceptors (Lipinski definition) is 5. The van der Waals surface area contributed by atoms with Gasteiger partial charge in [0, 0.05) is 26.2 Å². The van der Waals surface area contributed by atoms with Crippen LogP contribution in [-0.4, -0.2) is 54.6 Å². The predicted octanol–water partition coefficient (Wildman–Crippen LogP) is 3.40. The maximum absolute atomic E-state index is 13.1. The molecule has 0 spiro atoms. The van der Waals surface area contributed by atoms with Crippen molar-refractivity contribution in [3.8, 4) is 17.6 Å². The van der Waals surface area contributed by atoms with Crippen molar-refractivity contribution in [3.63, 3.8) is 0 Å². The van der Waals surface area contributed by atoms with Gasteiger partial charge in [-0.05, 0) is 55.8 Å². The highest BCUT2D eigenvalue weighted by Gasteiger charge is 2.36. The SMILES string of the molecule is COc1ccc(C(C#N)N2CCN(C(=O)C(C)(C)Oc3ccc(F)cc3)CC2)cc1. The van der Waals surface area contributed by atoms with E-state index in [0.717, 1.165) is 11.3 Å². The van der Waals surface area contributed by atoms with Crippen LogP contribution in [0.5, 0.6) is 11.5 Å². The van der Waals surface area contributed by atoms with Crippen LogP contribution in [0.15, 0.2) is 48.5 Å². The van der Waals surface area contributed by atoms with E-state index >= 15 is 0 Å². The minimum Gasteiger partial charge on any atom is -0.497 e. The van der Waals surface area contributed by atoms with Crippen LogP contribution in [0.4, 0.5) is 4.39 Å². The molecule has 1 heterocycles. The Morgan fingerprint density at radius 3 is 2.13 bits per heavy atom. The van der Waals surface area contributed by atoms with Crippen molar-refractivity contribution in [2.24, 2.45) is 0 Å². The summed E-state index contributed by atoms with van der Waals surface area (Å²) in [6.45, 7) is 5.60. The molecule has 1 saturated heterocycles. The normalized spacial score (nSPS) is 15.9. The van der Waals surface area contributed by atoms with Crippen LogP contribution >= 0.6 is 0 Å². The summed E-state index contributed by atoms with van der Waals surface area (Å²) in [5, 5.41) is 9.70. The fourth-order valence-electron chi connectivity index (χ4n) is 3.56. The first-order chi connectivity index (χ1) is 14.3. The molecule has 30 heavy (non-hydrogen) atoms. The second kappa shape index (κ2) is 9.14. The van der Waals surface area contributed by atoms with E-state index < -0.39 is 5.60 Å². The van der Waals surface area contributed by atoms with Crippen LogP contribution in [-0.2, 0) is 4.79 Å². The Kier molecular flexibility index (Phi) is 6.58. The number of amides is 1. The topological polar surface area (TPSA) is 65.8 Å². The van der Waals surface area contributed by atoms with Gasteiger partial charge in [0.15, 0.2) is 5.60 Å². The van der Waals surface area contributed by atoms with Gasteiger partial charge in [0.05, 0.1) is 13.2 Å². The Morgan fingerprint density at radius 2 is 1.60 bits per heavy atom. The number of benzene rings is 2. The van der Waals surface area contributed by atoms with Crippen molar-refractivity contribution < 1.29 is 18.7 Å². The monoisotopic (exact) mass is 411 g/mol. The van der Waals surface area contributed by atoms with Gasteiger partial charge in [-0.15, -0.1) is 0 Å². The summed E-state index contributed by atoms with van der Waals surface area (Å²) in [5.74, 6) is 0.697. The molecule has 1 fully saturated rings. The third-order valence-electron chi connectivity index (χ3n) is 5.22. The number of halogens is 1. The lowest BCUT2D eigenvalue weighted by Gasteiger charge is -2.40. The van der Waals surface area contributed by atoms with Crippen LogP contribution in [0.25, 0.3) is 0 Å². The molecule has 3 rings (SSSR count). The molecule has 0 aromatic heterocycles. The molecule has 2 aromatic carbocycles. The number of rotatable bonds is 6. The third-order valence-corrected chi connectivity index (χ3v) is 5.22. The lowest BCUT2D eigenvalue weighted by molar-refractivity contribution is -0.147. The highest BCUT2D eigenvalue weighted by molar-refractivity contribution is 5.85. The largest absolute Gasteiger partial charge is 0.497 e. The molecule has 1 unspecified atom stereocenters. The van der Waals surface area contributed by atoms with Crippen LogP contribution in [0, 0.1) is 17.1 Å². The number of ether oxygens (including phenoxy) is 2.